The highest BCUT2D eigenvalue weighted by Crippen LogP contribution is 2.34. The molecule has 8 heteroatoms. The van der Waals surface area contributed by atoms with E-state index in [9.17, 15) is 4.79 Å². The molecule has 0 amide bonds. The summed E-state index contributed by atoms with van der Waals surface area (Å²) in [5, 5.41) is 14.2. The Labute approximate surface area is 227 Å². The molecule has 6 rings (SSSR count). The van der Waals surface area contributed by atoms with Gasteiger partial charge in [0, 0.05) is 17.6 Å². The summed E-state index contributed by atoms with van der Waals surface area (Å²) in [6, 6.07) is 22.1. The Kier molecular flexibility index (Phi) is 7.36. The van der Waals surface area contributed by atoms with E-state index in [4.69, 9.17) is 4.42 Å². The van der Waals surface area contributed by atoms with E-state index in [1.54, 1.807) is 6.26 Å². The number of benzene rings is 2. The number of aryl methyl sites for hydroxylation is 1. The fourth-order valence-electron chi connectivity index (χ4n) is 5.82. The maximum atomic E-state index is 13.8. The molecule has 0 bridgehead atoms. The van der Waals surface area contributed by atoms with Gasteiger partial charge in [-0.3, -0.25) is 9.69 Å². The third-order valence-electron chi connectivity index (χ3n) is 7.86. The molecule has 0 aliphatic heterocycles. The van der Waals surface area contributed by atoms with Crippen LogP contribution in [0.25, 0.3) is 10.9 Å². The molecule has 1 N–H and O–H groups in total. The van der Waals surface area contributed by atoms with Crippen molar-refractivity contribution in [2.75, 3.05) is 0 Å². The summed E-state index contributed by atoms with van der Waals surface area (Å²) in [6.45, 7) is 3.23. The van der Waals surface area contributed by atoms with Gasteiger partial charge in [0.25, 0.3) is 5.56 Å². The molecule has 1 unspecified atom stereocenters. The molecule has 1 atom stereocenters. The molecule has 1 aliphatic carbocycles. The van der Waals surface area contributed by atoms with E-state index in [0.29, 0.717) is 24.5 Å². The molecule has 3 aromatic heterocycles. The lowest BCUT2D eigenvalue weighted by atomic mass is 9.95. The summed E-state index contributed by atoms with van der Waals surface area (Å²) in [7, 11) is 0. The number of H-pyrrole nitrogens is 1. The molecule has 8 nitrogen and oxygen atoms in total. The van der Waals surface area contributed by atoms with E-state index < -0.39 is 6.04 Å². The van der Waals surface area contributed by atoms with Crippen LogP contribution in [-0.4, -0.2) is 30.1 Å². The minimum atomic E-state index is -0.481. The van der Waals surface area contributed by atoms with Gasteiger partial charge in [-0.05, 0) is 76.5 Å². The van der Waals surface area contributed by atoms with Gasteiger partial charge in [-0.1, -0.05) is 62.6 Å². The topological polar surface area (TPSA) is 92.8 Å². The number of aromatic nitrogens is 5. The van der Waals surface area contributed by atoms with E-state index >= 15 is 0 Å². The minimum absolute atomic E-state index is 0.132. The van der Waals surface area contributed by atoms with E-state index in [0.717, 1.165) is 54.3 Å². The molecule has 1 aliphatic rings. The van der Waals surface area contributed by atoms with E-state index in [-0.39, 0.29) is 11.6 Å². The maximum Gasteiger partial charge on any atom is 0.253 e. The lowest BCUT2D eigenvalue weighted by molar-refractivity contribution is 0.173. The third-order valence-corrected chi connectivity index (χ3v) is 7.86. The molecule has 0 radical (unpaired) electrons. The first kappa shape index (κ1) is 25.2. The Hall–Kier alpha value is -4.04. The number of nitrogens with zero attached hydrogens (tertiary/aromatic N) is 5. The van der Waals surface area contributed by atoms with Crippen LogP contribution in [0.4, 0.5) is 0 Å². The van der Waals surface area contributed by atoms with Gasteiger partial charge in [-0.15, -0.1) is 5.10 Å². The normalized spacial score (nSPS) is 15.2. The standard InChI is InChI=1S/C31H34N6O2/c1-2-22-15-16-28-24(18-22)19-27(31(38)32-28)29(30-33-34-35-37(30)25-12-7-4-8-13-25)36(21-26-14-9-17-39-26)20-23-10-5-3-6-11-23/h3,5-6,9-11,14-19,25,29H,2,4,7-8,12-13,20-21H2,1H3,(H,32,38). The van der Waals surface area contributed by atoms with Gasteiger partial charge in [0.15, 0.2) is 5.82 Å². The highest BCUT2D eigenvalue weighted by Gasteiger charge is 2.33. The van der Waals surface area contributed by atoms with Gasteiger partial charge in [0.2, 0.25) is 0 Å². The van der Waals surface area contributed by atoms with Crippen molar-refractivity contribution >= 4 is 10.9 Å². The summed E-state index contributed by atoms with van der Waals surface area (Å²) in [5.41, 5.74) is 3.68. The number of pyridine rings is 1. The number of furan rings is 1. The SMILES string of the molecule is CCc1ccc2[nH]c(=O)c(C(c3nnnn3C3CCCCC3)N(Cc3ccccc3)Cc3ccco3)cc2c1. The molecule has 200 valence electrons. The fourth-order valence-corrected chi connectivity index (χ4v) is 5.82. The van der Waals surface area contributed by atoms with Crippen LogP contribution >= 0.6 is 0 Å². The zero-order chi connectivity index (χ0) is 26.6. The molecular formula is C31H34N6O2. The van der Waals surface area contributed by atoms with Crippen molar-refractivity contribution in [1.29, 1.82) is 0 Å². The average Bonchev–Trinajstić information content (AvgIpc) is 3.67. The van der Waals surface area contributed by atoms with Crippen molar-refractivity contribution < 1.29 is 4.42 Å². The lowest BCUT2D eigenvalue weighted by Crippen LogP contribution is -2.35. The van der Waals surface area contributed by atoms with Crippen molar-refractivity contribution in [2.24, 2.45) is 0 Å². The Balaban J connectivity index is 1.53. The second kappa shape index (κ2) is 11.4. The Morgan fingerprint density at radius 2 is 1.85 bits per heavy atom. The quantitative estimate of drug-likeness (QED) is 0.256. The van der Waals surface area contributed by atoms with Crippen LogP contribution in [0.1, 0.15) is 79.4 Å². The van der Waals surface area contributed by atoms with Crippen molar-refractivity contribution in [3.63, 3.8) is 0 Å². The number of hydrogen-bond acceptors (Lipinski definition) is 6. The largest absolute Gasteiger partial charge is 0.468 e. The van der Waals surface area contributed by atoms with Crippen LogP contribution in [0.15, 0.2) is 82.2 Å². The smallest absolute Gasteiger partial charge is 0.253 e. The van der Waals surface area contributed by atoms with Crippen molar-refractivity contribution in [3.05, 3.63) is 112 Å². The predicted octanol–water partition coefficient (Wildman–Crippen LogP) is 5.97. The summed E-state index contributed by atoms with van der Waals surface area (Å²) >= 11 is 0. The van der Waals surface area contributed by atoms with Crippen LogP contribution < -0.4 is 5.56 Å². The van der Waals surface area contributed by atoms with Crippen LogP contribution in [0, 0.1) is 0 Å². The lowest BCUT2D eigenvalue weighted by Gasteiger charge is -2.32. The van der Waals surface area contributed by atoms with Crippen LogP contribution in [0.5, 0.6) is 0 Å². The molecule has 0 saturated heterocycles. The van der Waals surface area contributed by atoms with Crippen molar-refractivity contribution in [2.45, 2.75) is 70.6 Å². The highest BCUT2D eigenvalue weighted by molar-refractivity contribution is 5.80. The fraction of sp³-hybridized carbons (Fsp3) is 0.355. The minimum Gasteiger partial charge on any atom is -0.468 e. The van der Waals surface area contributed by atoms with E-state index in [1.165, 1.54) is 12.0 Å². The van der Waals surface area contributed by atoms with Gasteiger partial charge in [-0.2, -0.15) is 0 Å². The van der Waals surface area contributed by atoms with Gasteiger partial charge >= 0.3 is 0 Å². The monoisotopic (exact) mass is 522 g/mol. The Bertz CT molecular complexity index is 1570. The number of hydrogen-bond donors (Lipinski definition) is 1. The van der Waals surface area contributed by atoms with E-state index in [1.807, 2.05) is 47.1 Å². The molecule has 3 heterocycles. The molecule has 2 aromatic carbocycles. The third kappa shape index (κ3) is 5.43. The second-order valence-corrected chi connectivity index (χ2v) is 10.5. The molecule has 0 spiro atoms. The summed E-state index contributed by atoms with van der Waals surface area (Å²) in [4.78, 5) is 19.2. The maximum absolute atomic E-state index is 13.8. The van der Waals surface area contributed by atoms with Crippen LogP contribution in [0.2, 0.25) is 0 Å². The first-order valence-corrected chi connectivity index (χ1v) is 13.9. The highest BCUT2D eigenvalue weighted by atomic mass is 16.3. The average molecular weight is 523 g/mol. The first-order valence-electron chi connectivity index (χ1n) is 13.9. The first-order chi connectivity index (χ1) is 19.2. The predicted molar refractivity (Wildman–Crippen MR) is 150 cm³/mol. The van der Waals surface area contributed by atoms with Crippen LogP contribution in [-0.2, 0) is 19.5 Å². The number of aromatic amines is 1. The van der Waals surface area contributed by atoms with E-state index in [2.05, 4.69) is 56.6 Å². The number of tetrazole rings is 1. The van der Waals surface area contributed by atoms with Gasteiger partial charge in [0.05, 0.1) is 18.8 Å². The van der Waals surface area contributed by atoms with Gasteiger partial charge in [0.1, 0.15) is 11.8 Å². The number of fused-ring (bicyclic) bond motifs is 1. The molecule has 5 aromatic rings. The number of nitrogens with one attached hydrogen (secondary N) is 1. The zero-order valence-electron chi connectivity index (χ0n) is 22.3. The Morgan fingerprint density at radius 1 is 1.00 bits per heavy atom. The summed E-state index contributed by atoms with van der Waals surface area (Å²) in [6.07, 6.45) is 8.24. The molecular weight excluding hydrogens is 488 g/mol. The second-order valence-electron chi connectivity index (χ2n) is 10.5. The van der Waals surface area contributed by atoms with Crippen molar-refractivity contribution in [1.82, 2.24) is 30.1 Å². The Morgan fingerprint density at radius 3 is 2.62 bits per heavy atom. The molecule has 39 heavy (non-hydrogen) atoms. The van der Waals surface area contributed by atoms with Gasteiger partial charge < -0.3 is 9.40 Å². The summed E-state index contributed by atoms with van der Waals surface area (Å²) < 4.78 is 7.78. The van der Waals surface area contributed by atoms with Gasteiger partial charge in [-0.25, -0.2) is 4.68 Å². The zero-order valence-corrected chi connectivity index (χ0v) is 22.3. The molecule has 1 fully saturated rings. The van der Waals surface area contributed by atoms with Crippen LogP contribution in [0.3, 0.4) is 0 Å². The number of rotatable bonds is 9. The van der Waals surface area contributed by atoms with Crippen molar-refractivity contribution in [3.8, 4) is 0 Å². The molecule has 1 saturated carbocycles. The summed E-state index contributed by atoms with van der Waals surface area (Å²) in [5.74, 6) is 1.51.